The number of hydrogen-bond acceptors (Lipinski definition) is 14. The molecule has 16 heteroatoms. The minimum atomic E-state index is -2.00. The van der Waals surface area contributed by atoms with E-state index < -0.39 is 58.9 Å². The van der Waals surface area contributed by atoms with Crippen LogP contribution in [0.2, 0.25) is 0 Å². The first kappa shape index (κ1) is 49.6. The predicted octanol–water partition coefficient (Wildman–Crippen LogP) is 7.54. The first-order chi connectivity index (χ1) is 31.2. The number of hydrogen-bond donors (Lipinski definition) is 2. The molecule has 4 aromatic rings. The number of quaternary nitrogens is 1. The molecule has 1 amide bonds. The Bertz CT molecular complexity index is 2640. The van der Waals surface area contributed by atoms with Crippen molar-refractivity contribution in [1.82, 2.24) is 4.98 Å². The average Bonchev–Trinajstić information content (AvgIpc) is 3.52. The summed E-state index contributed by atoms with van der Waals surface area (Å²) in [6, 6.07) is 5.00. The molecule has 16 nitrogen and oxygen atoms in total. The number of methoxy groups -OCH3 is 2. The van der Waals surface area contributed by atoms with E-state index in [9.17, 15) is 24.3 Å². The van der Waals surface area contributed by atoms with Gasteiger partial charge in [-0.05, 0) is 56.7 Å². The fourth-order valence-electron chi connectivity index (χ4n) is 8.48. The maximum absolute atomic E-state index is 14.8. The number of benzene rings is 3. The Morgan fingerprint density at radius 2 is 1.74 bits per heavy atom. The van der Waals surface area contributed by atoms with Gasteiger partial charge in [-0.15, -0.1) is 0 Å². The van der Waals surface area contributed by atoms with Gasteiger partial charge in [0.05, 0.1) is 63.8 Å². The smallest absolute Gasteiger partial charge is 0.312 e. The maximum Gasteiger partial charge on any atom is 0.312 e. The Balaban J connectivity index is 1.50. The molecule has 0 saturated carbocycles. The zero-order chi connectivity index (χ0) is 48.2. The van der Waals surface area contributed by atoms with Crippen LogP contribution in [0.15, 0.2) is 63.6 Å². The van der Waals surface area contributed by atoms with E-state index in [4.69, 9.17) is 42.6 Å². The van der Waals surface area contributed by atoms with Gasteiger partial charge in [-0.25, -0.2) is 4.98 Å². The maximum atomic E-state index is 14.8. The van der Waals surface area contributed by atoms with Crippen LogP contribution in [-0.4, -0.2) is 118 Å². The second-order valence-electron chi connectivity index (χ2n) is 18.6. The number of esters is 1. The van der Waals surface area contributed by atoms with Crippen LogP contribution in [-0.2, 0) is 33.3 Å². The summed E-state index contributed by atoms with van der Waals surface area (Å²) in [5, 5.41) is 14.6. The van der Waals surface area contributed by atoms with E-state index in [1.807, 2.05) is 13.0 Å². The first-order valence-electron chi connectivity index (χ1n) is 22.3. The fourth-order valence-corrected chi connectivity index (χ4v) is 8.48. The van der Waals surface area contributed by atoms with E-state index in [-0.39, 0.29) is 74.0 Å². The Hall–Kier alpha value is -5.81. The van der Waals surface area contributed by atoms with Crippen molar-refractivity contribution in [1.29, 1.82) is 0 Å². The standard InChI is InChI=1S/C50H63N3O13/c1-27-14-13-15-29(3)49(58)52-42-44(56)39-38(41-47(42)65-36-26-33(16-17-34(36)51-41)62-23-22-61-21-19-53(8,9)10)40-46(31(5)43(39)55)66-50(7,48(40)57)63-20-18-35(59-11)30(4)45(64-32(6)54)37(60-12)25-28(2)24-27/h13-18,20,26-28,30,35,37,45H,19,21-25H2,1-12H3,(H-,51,52,55,56,57,58)/p+1/b14-13+,20-18+,29-15-/t27?,28-,30-,35+,37?,45?,50+/m1/s1. The SMILES string of the molecule is COC1C[C@H](C)CC(C)/C=C/C=C(/C)C(=O)Nc2c(O)c3c(=O)c(C)c4c(c3c3nc5ccc(OCCOCC[N+](C)(C)C)cc5oc23)C(=O)[C@@](C)(O/C=C/[C@H](OC)[C@@H](C)C1OC(C)=O)O4. The van der Waals surface area contributed by atoms with Gasteiger partial charge in [0.2, 0.25) is 0 Å². The number of phenols is 1. The summed E-state index contributed by atoms with van der Waals surface area (Å²) >= 11 is 0. The summed E-state index contributed by atoms with van der Waals surface area (Å²) in [7, 11) is 9.34. The normalized spacial score (nSPS) is 26.2. The summed E-state index contributed by atoms with van der Waals surface area (Å²) in [5.41, 5.74) is -0.199. The van der Waals surface area contributed by atoms with Crippen molar-refractivity contribution in [2.75, 3.05) is 67.0 Å². The van der Waals surface area contributed by atoms with Crippen LogP contribution < -0.4 is 20.2 Å². The zero-order valence-electron chi connectivity index (χ0n) is 40.1. The highest BCUT2D eigenvalue weighted by Crippen LogP contribution is 2.48. The van der Waals surface area contributed by atoms with Gasteiger partial charge in [-0.3, -0.25) is 19.2 Å². The molecule has 1 aromatic heterocycles. The molecule has 4 heterocycles. The lowest BCUT2D eigenvalue weighted by Crippen LogP contribution is -2.43. The van der Waals surface area contributed by atoms with E-state index in [0.29, 0.717) is 30.9 Å². The number of anilines is 1. The van der Waals surface area contributed by atoms with Gasteiger partial charge in [0.15, 0.2) is 22.3 Å². The third-order valence-electron chi connectivity index (χ3n) is 12.1. The number of likely N-dealkylation sites (N-methyl/N-ethyl adjacent to an activating group) is 1. The van der Waals surface area contributed by atoms with E-state index in [0.717, 1.165) is 17.4 Å². The molecule has 5 bridgehead atoms. The highest BCUT2D eigenvalue weighted by molar-refractivity contribution is 6.26. The molecular weight excluding hydrogens is 851 g/mol. The van der Waals surface area contributed by atoms with Gasteiger partial charge >= 0.3 is 11.8 Å². The van der Waals surface area contributed by atoms with Crippen molar-refractivity contribution in [3.63, 3.8) is 0 Å². The van der Waals surface area contributed by atoms with Gasteiger partial charge in [0.25, 0.3) is 11.7 Å². The van der Waals surface area contributed by atoms with E-state index in [1.165, 1.54) is 34.1 Å². The lowest BCUT2D eigenvalue weighted by atomic mass is 9.86. The number of phenolic OH excluding ortho intramolecular Hbond substituents is 1. The molecule has 356 valence electrons. The van der Waals surface area contributed by atoms with Crippen LogP contribution in [0, 0.1) is 24.7 Å². The van der Waals surface area contributed by atoms with Crippen LogP contribution in [0.25, 0.3) is 33.0 Å². The second-order valence-corrected chi connectivity index (χ2v) is 18.6. The zero-order valence-corrected chi connectivity index (χ0v) is 40.1. The largest absolute Gasteiger partial charge is 0.505 e. The van der Waals surface area contributed by atoms with Crippen molar-refractivity contribution >= 4 is 56.3 Å². The van der Waals surface area contributed by atoms with Crippen molar-refractivity contribution in [3.8, 4) is 17.2 Å². The lowest BCUT2D eigenvalue weighted by Gasteiger charge is -2.34. The number of nitrogens with one attached hydrogen (secondary N) is 1. The summed E-state index contributed by atoms with van der Waals surface area (Å²) < 4.78 is 49.0. The molecule has 2 N–H and O–H groups in total. The quantitative estimate of drug-likeness (QED) is 0.0396. The Morgan fingerprint density at radius 1 is 1.00 bits per heavy atom. The second kappa shape index (κ2) is 20.4. The number of rotatable bonds is 10. The van der Waals surface area contributed by atoms with Gasteiger partial charge in [0.1, 0.15) is 47.5 Å². The average molecular weight is 915 g/mol. The van der Waals surface area contributed by atoms with Crippen LogP contribution in [0.5, 0.6) is 17.2 Å². The van der Waals surface area contributed by atoms with Crippen LogP contribution >= 0.6 is 0 Å². The Labute approximate surface area is 385 Å². The van der Waals surface area contributed by atoms with E-state index >= 15 is 0 Å². The molecule has 0 fully saturated rings. The third kappa shape index (κ3) is 10.7. The highest BCUT2D eigenvalue weighted by atomic mass is 16.7. The first-order valence-corrected chi connectivity index (χ1v) is 22.3. The van der Waals surface area contributed by atoms with Crippen molar-refractivity contribution in [3.05, 3.63) is 75.7 Å². The van der Waals surface area contributed by atoms with Gasteiger partial charge < -0.3 is 52.5 Å². The predicted molar refractivity (Wildman–Crippen MR) is 250 cm³/mol. The van der Waals surface area contributed by atoms with Crippen LogP contribution in [0.3, 0.4) is 0 Å². The Morgan fingerprint density at radius 3 is 2.42 bits per heavy atom. The molecule has 3 unspecified atom stereocenters. The highest BCUT2D eigenvalue weighted by Gasteiger charge is 2.49. The number of aromatic hydroxyl groups is 1. The summed E-state index contributed by atoms with van der Waals surface area (Å²) in [4.78, 5) is 60.4. The number of carbonyl (C=O) groups is 3. The van der Waals surface area contributed by atoms with Crippen molar-refractivity contribution < 1.29 is 61.5 Å². The number of aromatic nitrogens is 1. The fraction of sp³-hybridized carbons (Fsp3) is 0.500. The number of Topliss-reactive ketones (excluding diaryl/α,β-unsaturated/α-hetero) is 1. The monoisotopic (exact) mass is 914 g/mol. The summed E-state index contributed by atoms with van der Waals surface area (Å²) in [6.07, 6.45) is 7.71. The Kier molecular flexibility index (Phi) is 15.3. The number of ketones is 1. The number of allylic oxidation sites excluding steroid dienone is 3. The van der Waals surface area contributed by atoms with Gasteiger partial charge in [0, 0.05) is 56.6 Å². The number of fused-ring (bicyclic) bond motifs is 14. The molecule has 66 heavy (non-hydrogen) atoms. The lowest BCUT2D eigenvalue weighted by molar-refractivity contribution is -0.870. The molecule has 0 saturated heterocycles. The number of amides is 1. The third-order valence-corrected chi connectivity index (χ3v) is 12.1. The van der Waals surface area contributed by atoms with E-state index in [2.05, 4.69) is 40.3 Å². The molecule has 0 radical (unpaired) electrons. The van der Waals surface area contributed by atoms with Crippen molar-refractivity contribution in [2.45, 2.75) is 85.4 Å². The van der Waals surface area contributed by atoms with Crippen LogP contribution in [0.1, 0.15) is 70.3 Å². The molecule has 7 rings (SSSR count). The van der Waals surface area contributed by atoms with E-state index in [1.54, 1.807) is 50.5 Å². The van der Waals surface area contributed by atoms with Crippen LogP contribution in [0.4, 0.5) is 5.69 Å². The minimum Gasteiger partial charge on any atom is -0.505 e. The number of carbonyl (C=O) groups excluding carboxylic acids is 3. The molecular formula is C50H64N3O13+. The molecule has 0 spiro atoms. The molecule has 3 aromatic carbocycles. The summed E-state index contributed by atoms with van der Waals surface area (Å²) in [6.45, 7) is 13.9. The molecule has 3 aliphatic heterocycles. The molecule has 7 atom stereocenters. The molecule has 3 aliphatic rings. The van der Waals surface area contributed by atoms with Gasteiger partial charge in [-0.2, -0.15) is 0 Å². The topological polar surface area (TPSA) is 191 Å². The van der Waals surface area contributed by atoms with Gasteiger partial charge in [-0.1, -0.05) is 39.0 Å². The minimum absolute atomic E-state index is 0.00595. The number of ether oxygens (including phenoxy) is 7. The molecule has 0 aliphatic carbocycles. The van der Waals surface area contributed by atoms with Crippen molar-refractivity contribution in [2.24, 2.45) is 17.8 Å². The summed E-state index contributed by atoms with van der Waals surface area (Å²) in [5.74, 6) is -4.24. The number of nitrogens with zero attached hydrogens (tertiary/aromatic N) is 2.